The molecule has 0 spiro atoms. The van der Waals surface area contributed by atoms with Crippen molar-refractivity contribution < 1.29 is 4.74 Å². The number of ether oxygens (including phenoxy) is 1. The number of halogens is 1. The predicted octanol–water partition coefficient (Wildman–Crippen LogP) is 3.15. The molecule has 0 bridgehead atoms. The van der Waals surface area contributed by atoms with Crippen LogP contribution < -0.4 is 10.1 Å². The molecule has 0 saturated carbocycles. The van der Waals surface area contributed by atoms with E-state index < -0.39 is 0 Å². The van der Waals surface area contributed by atoms with Gasteiger partial charge in [0.25, 0.3) is 0 Å². The van der Waals surface area contributed by atoms with Crippen molar-refractivity contribution in [2.75, 3.05) is 6.54 Å². The molecule has 1 N–H and O–H groups in total. The number of nitrogens with zero attached hydrogens (tertiary/aromatic N) is 2. The maximum absolute atomic E-state index is 5.96. The number of imidazole rings is 1. The Bertz CT molecular complexity index is 554. The highest BCUT2D eigenvalue weighted by Crippen LogP contribution is 2.19. The second-order valence-corrected chi connectivity index (χ2v) is 5.02. The van der Waals surface area contributed by atoms with Gasteiger partial charge in [-0.3, -0.25) is 0 Å². The number of nitrogens with one attached hydrogen (secondary N) is 1. The van der Waals surface area contributed by atoms with Crippen LogP contribution in [0.5, 0.6) is 5.75 Å². The standard InChI is InChI=1S/C15H20ClN3O/c1-3-8-17-9-12-6-4-5-7-13(12)20-11-15-18-10-14(16)19(15)2/h4-7,10,17H,3,8-9,11H2,1-2H3. The molecule has 0 saturated heterocycles. The SMILES string of the molecule is CCCNCc1ccccc1OCc1ncc(Cl)n1C. The van der Waals surface area contributed by atoms with Crippen molar-refractivity contribution in [3.63, 3.8) is 0 Å². The maximum Gasteiger partial charge on any atom is 0.147 e. The molecule has 0 aliphatic carbocycles. The largest absolute Gasteiger partial charge is 0.485 e. The first-order valence-corrected chi connectivity index (χ1v) is 7.17. The molecule has 0 aliphatic heterocycles. The molecule has 0 amide bonds. The van der Waals surface area contributed by atoms with Crippen LogP contribution in [0, 0.1) is 0 Å². The van der Waals surface area contributed by atoms with Crippen LogP contribution in [0.1, 0.15) is 24.7 Å². The van der Waals surface area contributed by atoms with Gasteiger partial charge in [-0.25, -0.2) is 4.98 Å². The fraction of sp³-hybridized carbons (Fsp3) is 0.400. The number of hydrogen-bond acceptors (Lipinski definition) is 3. The molecule has 2 rings (SSSR count). The molecule has 1 aromatic heterocycles. The minimum atomic E-state index is 0.411. The van der Waals surface area contributed by atoms with Crippen molar-refractivity contribution in [2.45, 2.75) is 26.5 Å². The Kier molecular flexibility index (Phi) is 5.44. The predicted molar refractivity (Wildman–Crippen MR) is 81.0 cm³/mol. The second-order valence-electron chi connectivity index (χ2n) is 4.63. The Balaban J connectivity index is 2.00. The minimum absolute atomic E-state index is 0.411. The van der Waals surface area contributed by atoms with E-state index >= 15 is 0 Å². The van der Waals surface area contributed by atoms with Crippen molar-refractivity contribution in [3.05, 3.63) is 47.0 Å². The van der Waals surface area contributed by atoms with Gasteiger partial charge in [-0.15, -0.1) is 0 Å². The zero-order valence-electron chi connectivity index (χ0n) is 11.9. The summed E-state index contributed by atoms with van der Waals surface area (Å²) in [7, 11) is 1.88. The molecule has 0 fully saturated rings. The fourth-order valence-corrected chi connectivity index (χ4v) is 2.04. The smallest absolute Gasteiger partial charge is 0.147 e. The number of hydrogen-bond donors (Lipinski definition) is 1. The second kappa shape index (κ2) is 7.31. The van der Waals surface area contributed by atoms with Gasteiger partial charge in [0, 0.05) is 19.2 Å². The molecule has 4 nitrogen and oxygen atoms in total. The Morgan fingerprint density at radius 1 is 1.35 bits per heavy atom. The van der Waals surface area contributed by atoms with E-state index in [0.29, 0.717) is 11.8 Å². The summed E-state index contributed by atoms with van der Waals surface area (Å²) in [6.07, 6.45) is 2.75. The molecule has 0 atom stereocenters. The van der Waals surface area contributed by atoms with Crippen molar-refractivity contribution in [1.29, 1.82) is 0 Å². The first kappa shape index (κ1) is 14.9. The lowest BCUT2D eigenvalue weighted by atomic mass is 10.2. The summed E-state index contributed by atoms with van der Waals surface area (Å²) < 4.78 is 7.69. The van der Waals surface area contributed by atoms with Crippen LogP contribution in [0.15, 0.2) is 30.5 Å². The maximum atomic E-state index is 5.96. The number of benzene rings is 1. The van der Waals surface area contributed by atoms with Gasteiger partial charge in [0.05, 0.1) is 6.20 Å². The summed E-state index contributed by atoms with van der Waals surface area (Å²) in [4.78, 5) is 4.23. The summed E-state index contributed by atoms with van der Waals surface area (Å²) >= 11 is 5.96. The molecule has 5 heteroatoms. The first-order valence-electron chi connectivity index (χ1n) is 6.80. The average Bonchev–Trinajstić information content (AvgIpc) is 2.78. The Hall–Kier alpha value is -1.52. The van der Waals surface area contributed by atoms with Crippen LogP contribution in [-0.2, 0) is 20.2 Å². The summed E-state index contributed by atoms with van der Waals surface area (Å²) in [5, 5.41) is 4.00. The third-order valence-electron chi connectivity index (χ3n) is 3.10. The molecule has 20 heavy (non-hydrogen) atoms. The van der Waals surface area contributed by atoms with Gasteiger partial charge in [0.2, 0.25) is 0 Å². The van der Waals surface area contributed by atoms with Gasteiger partial charge >= 0.3 is 0 Å². The zero-order chi connectivity index (χ0) is 14.4. The average molecular weight is 294 g/mol. The van der Waals surface area contributed by atoms with Crippen molar-refractivity contribution in [1.82, 2.24) is 14.9 Å². The van der Waals surface area contributed by atoms with E-state index in [-0.39, 0.29) is 0 Å². The number of aromatic nitrogens is 2. The zero-order valence-corrected chi connectivity index (χ0v) is 12.7. The highest BCUT2D eigenvalue weighted by molar-refractivity contribution is 6.29. The van der Waals surface area contributed by atoms with Crippen LogP contribution in [0.2, 0.25) is 5.15 Å². The third kappa shape index (κ3) is 3.74. The van der Waals surface area contributed by atoms with Gasteiger partial charge in [-0.05, 0) is 19.0 Å². The summed E-state index contributed by atoms with van der Waals surface area (Å²) in [6, 6.07) is 8.05. The molecular formula is C15H20ClN3O. The van der Waals surface area contributed by atoms with E-state index in [4.69, 9.17) is 16.3 Å². The molecule has 108 valence electrons. The van der Waals surface area contributed by atoms with Crippen LogP contribution in [0.3, 0.4) is 0 Å². The fourth-order valence-electron chi connectivity index (χ4n) is 1.89. The lowest BCUT2D eigenvalue weighted by Gasteiger charge is -2.12. The van der Waals surface area contributed by atoms with Gasteiger partial charge in [-0.2, -0.15) is 0 Å². The molecule has 1 aromatic carbocycles. The van der Waals surface area contributed by atoms with Gasteiger partial charge < -0.3 is 14.6 Å². The quantitative estimate of drug-likeness (QED) is 0.797. The summed E-state index contributed by atoms with van der Waals surface area (Å²) in [6.45, 7) is 4.38. The van der Waals surface area contributed by atoms with Gasteiger partial charge in [0.15, 0.2) is 0 Å². The van der Waals surface area contributed by atoms with Crippen molar-refractivity contribution >= 4 is 11.6 Å². The monoisotopic (exact) mass is 293 g/mol. The Labute approximate surface area is 124 Å². The Morgan fingerprint density at radius 3 is 2.85 bits per heavy atom. The number of para-hydroxylation sites is 1. The topological polar surface area (TPSA) is 39.1 Å². The van der Waals surface area contributed by atoms with Gasteiger partial charge in [-0.1, -0.05) is 36.7 Å². The van der Waals surface area contributed by atoms with E-state index in [1.54, 1.807) is 6.20 Å². The van der Waals surface area contributed by atoms with E-state index in [1.165, 1.54) is 0 Å². The van der Waals surface area contributed by atoms with Crippen LogP contribution >= 0.6 is 11.6 Å². The third-order valence-corrected chi connectivity index (χ3v) is 3.45. The molecular weight excluding hydrogens is 274 g/mol. The highest BCUT2D eigenvalue weighted by Gasteiger charge is 2.07. The van der Waals surface area contributed by atoms with E-state index in [9.17, 15) is 0 Å². The van der Waals surface area contributed by atoms with Gasteiger partial charge in [0.1, 0.15) is 23.3 Å². The molecule has 0 radical (unpaired) electrons. The van der Waals surface area contributed by atoms with Crippen LogP contribution in [0.25, 0.3) is 0 Å². The van der Waals surface area contributed by atoms with E-state index in [0.717, 1.165) is 36.6 Å². The minimum Gasteiger partial charge on any atom is -0.485 e. The lowest BCUT2D eigenvalue weighted by Crippen LogP contribution is -2.15. The van der Waals surface area contributed by atoms with E-state index in [1.807, 2.05) is 29.8 Å². The van der Waals surface area contributed by atoms with Crippen LogP contribution in [-0.4, -0.2) is 16.1 Å². The van der Waals surface area contributed by atoms with Crippen molar-refractivity contribution in [2.24, 2.45) is 7.05 Å². The number of rotatable bonds is 7. The summed E-state index contributed by atoms with van der Waals surface area (Å²) in [5.41, 5.74) is 1.15. The normalized spacial score (nSPS) is 10.8. The van der Waals surface area contributed by atoms with E-state index in [2.05, 4.69) is 23.3 Å². The lowest BCUT2D eigenvalue weighted by molar-refractivity contribution is 0.288. The molecule has 1 heterocycles. The first-order chi connectivity index (χ1) is 9.72. The molecule has 0 aliphatic rings. The summed E-state index contributed by atoms with van der Waals surface area (Å²) in [5.74, 6) is 1.70. The molecule has 0 unspecified atom stereocenters. The Morgan fingerprint density at radius 2 is 2.15 bits per heavy atom. The van der Waals surface area contributed by atoms with Crippen LogP contribution in [0.4, 0.5) is 0 Å². The molecule has 2 aromatic rings. The highest BCUT2D eigenvalue weighted by atomic mass is 35.5. The van der Waals surface area contributed by atoms with Crippen molar-refractivity contribution in [3.8, 4) is 5.75 Å².